The molecule has 1 unspecified atom stereocenters. The molecule has 0 spiro atoms. The molecular weight excluding hydrogens is 196 g/mol. The van der Waals surface area contributed by atoms with Crippen molar-refractivity contribution in [1.82, 2.24) is 5.32 Å². The Kier molecular flexibility index (Phi) is 4.33. The maximum atomic E-state index is 11.5. The second-order valence-corrected chi connectivity index (χ2v) is 3.24. The topological polar surface area (TPSA) is 77.5 Å². The third-order valence-corrected chi connectivity index (χ3v) is 1.89. The molecule has 1 atom stereocenters. The number of furan rings is 1. The molecule has 1 rings (SSSR count). The molecule has 0 saturated heterocycles. The van der Waals surface area contributed by atoms with Crippen LogP contribution in [0.15, 0.2) is 16.5 Å². The van der Waals surface area contributed by atoms with E-state index < -0.39 is 0 Å². The predicted octanol–water partition coefficient (Wildman–Crippen LogP) is 0.675. The molecule has 0 aliphatic carbocycles. The highest BCUT2D eigenvalue weighted by Crippen LogP contribution is 2.13. The standard InChI is InChI=1S/C10H16N2O3/c1-7(11)8-3-4-9(15-8)10(13)12-5-6-14-2/h3-4,7H,5-6,11H2,1-2H3,(H,12,13). The van der Waals surface area contributed by atoms with E-state index in [-0.39, 0.29) is 17.7 Å². The van der Waals surface area contributed by atoms with Gasteiger partial charge in [-0.05, 0) is 19.1 Å². The Morgan fingerprint density at radius 3 is 2.93 bits per heavy atom. The van der Waals surface area contributed by atoms with E-state index >= 15 is 0 Å². The highest BCUT2D eigenvalue weighted by atomic mass is 16.5. The van der Waals surface area contributed by atoms with E-state index in [4.69, 9.17) is 14.9 Å². The third kappa shape index (κ3) is 3.38. The lowest BCUT2D eigenvalue weighted by Gasteiger charge is -2.02. The largest absolute Gasteiger partial charge is 0.454 e. The molecule has 0 aliphatic rings. The fourth-order valence-corrected chi connectivity index (χ4v) is 1.07. The fourth-order valence-electron chi connectivity index (χ4n) is 1.07. The Bertz CT molecular complexity index is 320. The Balaban J connectivity index is 2.51. The van der Waals surface area contributed by atoms with Crippen LogP contribution in [0.1, 0.15) is 29.3 Å². The zero-order chi connectivity index (χ0) is 11.3. The number of nitrogens with two attached hydrogens (primary N) is 1. The molecule has 1 amide bonds. The number of nitrogens with one attached hydrogen (secondary N) is 1. The lowest BCUT2D eigenvalue weighted by atomic mass is 10.3. The number of hydrogen-bond acceptors (Lipinski definition) is 4. The van der Waals surface area contributed by atoms with Gasteiger partial charge in [0.05, 0.1) is 12.6 Å². The van der Waals surface area contributed by atoms with Crippen LogP contribution >= 0.6 is 0 Å². The van der Waals surface area contributed by atoms with E-state index in [0.717, 1.165) is 0 Å². The lowest BCUT2D eigenvalue weighted by Crippen LogP contribution is -2.26. The number of hydrogen-bond donors (Lipinski definition) is 2. The molecule has 3 N–H and O–H groups in total. The summed E-state index contributed by atoms with van der Waals surface area (Å²) in [6.07, 6.45) is 0. The molecule has 0 saturated carbocycles. The molecule has 15 heavy (non-hydrogen) atoms. The summed E-state index contributed by atoms with van der Waals surface area (Å²) in [6, 6.07) is 3.11. The van der Waals surface area contributed by atoms with Gasteiger partial charge in [0, 0.05) is 13.7 Å². The Morgan fingerprint density at radius 1 is 1.67 bits per heavy atom. The van der Waals surface area contributed by atoms with Crippen LogP contribution in [-0.4, -0.2) is 26.2 Å². The van der Waals surface area contributed by atoms with Gasteiger partial charge < -0.3 is 20.2 Å². The Morgan fingerprint density at radius 2 is 2.40 bits per heavy atom. The van der Waals surface area contributed by atoms with Crippen molar-refractivity contribution in [2.24, 2.45) is 5.73 Å². The molecule has 0 fully saturated rings. The summed E-state index contributed by atoms with van der Waals surface area (Å²) in [6.45, 7) is 2.74. The number of ether oxygens (including phenoxy) is 1. The van der Waals surface area contributed by atoms with Crippen LogP contribution in [0.4, 0.5) is 0 Å². The fraction of sp³-hybridized carbons (Fsp3) is 0.500. The highest BCUT2D eigenvalue weighted by molar-refractivity contribution is 5.91. The van der Waals surface area contributed by atoms with Gasteiger partial charge in [-0.15, -0.1) is 0 Å². The number of carbonyl (C=O) groups is 1. The molecular formula is C10H16N2O3. The first-order valence-electron chi connectivity index (χ1n) is 4.77. The van der Waals surface area contributed by atoms with Crippen molar-refractivity contribution in [3.63, 3.8) is 0 Å². The maximum absolute atomic E-state index is 11.5. The first-order chi connectivity index (χ1) is 7.15. The van der Waals surface area contributed by atoms with Gasteiger partial charge in [0.25, 0.3) is 5.91 Å². The minimum Gasteiger partial charge on any atom is -0.454 e. The van der Waals surface area contributed by atoms with Gasteiger partial charge in [-0.25, -0.2) is 0 Å². The van der Waals surface area contributed by atoms with Crippen molar-refractivity contribution in [2.45, 2.75) is 13.0 Å². The second-order valence-electron chi connectivity index (χ2n) is 3.24. The quantitative estimate of drug-likeness (QED) is 0.703. The summed E-state index contributed by atoms with van der Waals surface area (Å²) in [5.41, 5.74) is 5.60. The van der Waals surface area contributed by atoms with Crippen LogP contribution in [0.25, 0.3) is 0 Å². The van der Waals surface area contributed by atoms with E-state index in [0.29, 0.717) is 18.9 Å². The third-order valence-electron chi connectivity index (χ3n) is 1.89. The zero-order valence-corrected chi connectivity index (χ0v) is 8.95. The Hall–Kier alpha value is -1.33. The zero-order valence-electron chi connectivity index (χ0n) is 8.95. The normalized spacial score (nSPS) is 12.5. The van der Waals surface area contributed by atoms with Gasteiger partial charge in [-0.2, -0.15) is 0 Å². The van der Waals surface area contributed by atoms with Crippen LogP contribution in [-0.2, 0) is 4.74 Å². The molecule has 0 aromatic carbocycles. The molecule has 5 nitrogen and oxygen atoms in total. The van der Waals surface area contributed by atoms with Crippen LogP contribution in [0, 0.1) is 0 Å². The summed E-state index contributed by atoms with van der Waals surface area (Å²) < 4.78 is 10.1. The van der Waals surface area contributed by atoms with Crippen LogP contribution in [0.2, 0.25) is 0 Å². The van der Waals surface area contributed by atoms with E-state index in [1.807, 2.05) is 0 Å². The number of carbonyl (C=O) groups excluding carboxylic acids is 1. The van der Waals surface area contributed by atoms with E-state index in [1.165, 1.54) is 0 Å². The maximum Gasteiger partial charge on any atom is 0.287 e. The Labute approximate surface area is 88.6 Å². The van der Waals surface area contributed by atoms with Gasteiger partial charge in [-0.1, -0.05) is 0 Å². The number of rotatable bonds is 5. The molecule has 1 aromatic heterocycles. The van der Waals surface area contributed by atoms with Gasteiger partial charge in [0.15, 0.2) is 5.76 Å². The summed E-state index contributed by atoms with van der Waals surface area (Å²) in [5.74, 6) is 0.629. The first-order valence-corrected chi connectivity index (χ1v) is 4.77. The second kappa shape index (κ2) is 5.53. The van der Waals surface area contributed by atoms with Crippen molar-refractivity contribution in [3.8, 4) is 0 Å². The molecule has 1 heterocycles. The average molecular weight is 212 g/mol. The summed E-state index contributed by atoms with van der Waals surface area (Å²) in [5, 5.41) is 2.65. The van der Waals surface area contributed by atoms with E-state index in [9.17, 15) is 4.79 Å². The van der Waals surface area contributed by atoms with Crippen LogP contribution in [0.5, 0.6) is 0 Å². The first kappa shape index (κ1) is 11.7. The van der Waals surface area contributed by atoms with Crippen molar-refractivity contribution in [1.29, 1.82) is 0 Å². The van der Waals surface area contributed by atoms with Gasteiger partial charge >= 0.3 is 0 Å². The van der Waals surface area contributed by atoms with Gasteiger partial charge in [-0.3, -0.25) is 4.79 Å². The molecule has 84 valence electrons. The highest BCUT2D eigenvalue weighted by Gasteiger charge is 2.12. The molecule has 1 aromatic rings. The van der Waals surface area contributed by atoms with E-state index in [1.54, 1.807) is 26.2 Å². The van der Waals surface area contributed by atoms with Crippen molar-refractivity contribution in [3.05, 3.63) is 23.7 Å². The van der Waals surface area contributed by atoms with Crippen LogP contribution < -0.4 is 11.1 Å². The van der Waals surface area contributed by atoms with E-state index in [2.05, 4.69) is 5.32 Å². The van der Waals surface area contributed by atoms with Gasteiger partial charge in [0.2, 0.25) is 0 Å². The molecule has 5 heteroatoms. The number of methoxy groups -OCH3 is 1. The molecule has 0 radical (unpaired) electrons. The van der Waals surface area contributed by atoms with Crippen molar-refractivity contribution in [2.75, 3.05) is 20.3 Å². The van der Waals surface area contributed by atoms with Crippen LogP contribution in [0.3, 0.4) is 0 Å². The smallest absolute Gasteiger partial charge is 0.287 e. The average Bonchev–Trinajstić information content (AvgIpc) is 2.66. The number of amides is 1. The van der Waals surface area contributed by atoms with Crippen molar-refractivity contribution >= 4 is 5.91 Å². The van der Waals surface area contributed by atoms with Crippen molar-refractivity contribution < 1.29 is 13.9 Å². The minimum absolute atomic E-state index is 0.203. The summed E-state index contributed by atoms with van der Waals surface area (Å²) >= 11 is 0. The summed E-state index contributed by atoms with van der Waals surface area (Å²) in [7, 11) is 1.58. The predicted molar refractivity (Wildman–Crippen MR) is 55.5 cm³/mol. The SMILES string of the molecule is COCCNC(=O)c1ccc(C(C)N)o1. The molecule has 0 bridgehead atoms. The monoisotopic (exact) mass is 212 g/mol. The molecule has 0 aliphatic heterocycles. The lowest BCUT2D eigenvalue weighted by molar-refractivity contribution is 0.0907. The van der Waals surface area contributed by atoms with Gasteiger partial charge in [0.1, 0.15) is 5.76 Å². The summed E-state index contributed by atoms with van der Waals surface area (Å²) in [4.78, 5) is 11.5. The minimum atomic E-state index is -0.251.